The fourth-order valence-electron chi connectivity index (χ4n) is 4.38. The van der Waals surface area contributed by atoms with Crippen LogP contribution in [0.15, 0.2) is 29.4 Å². The number of benzene rings is 1. The van der Waals surface area contributed by atoms with E-state index >= 15 is 0 Å². The zero-order valence-corrected chi connectivity index (χ0v) is 20.2. The third-order valence-corrected chi connectivity index (χ3v) is 6.09. The van der Waals surface area contributed by atoms with Crippen LogP contribution in [0.2, 0.25) is 0 Å². The molecule has 0 spiro atoms. The maximum Gasteiger partial charge on any atom is 0.225 e. The molecule has 31 heavy (non-hydrogen) atoms. The molecule has 0 unspecified atom stereocenters. The standard InChI is InChI=1S/C22H30FN5O2.HI/c1-24-22(25-7-4-17-15-26-20-3-2-18(23)14-19(17)20)28-8-5-16(6-9-28)21(29)27-10-12-30-13-11-27;/h2-3,14-16,26H,4-13H2,1H3,(H,24,25);1H. The number of H-pyrrole nitrogens is 1. The minimum atomic E-state index is -0.221. The maximum atomic E-state index is 13.6. The Morgan fingerprint density at radius 2 is 1.97 bits per heavy atom. The smallest absolute Gasteiger partial charge is 0.225 e. The zero-order chi connectivity index (χ0) is 20.9. The zero-order valence-electron chi connectivity index (χ0n) is 17.9. The van der Waals surface area contributed by atoms with Crippen molar-refractivity contribution in [3.05, 3.63) is 35.8 Å². The lowest BCUT2D eigenvalue weighted by Gasteiger charge is -2.36. The number of nitrogens with zero attached hydrogens (tertiary/aromatic N) is 3. The molecule has 170 valence electrons. The Morgan fingerprint density at radius 3 is 2.68 bits per heavy atom. The van der Waals surface area contributed by atoms with Crippen LogP contribution in [-0.4, -0.2) is 79.6 Å². The molecule has 2 N–H and O–H groups in total. The fourth-order valence-corrected chi connectivity index (χ4v) is 4.38. The number of carbonyl (C=O) groups excluding carboxylic acids is 1. The van der Waals surface area contributed by atoms with E-state index in [0.717, 1.165) is 54.8 Å². The summed E-state index contributed by atoms with van der Waals surface area (Å²) in [6.07, 6.45) is 4.41. The molecule has 1 aromatic carbocycles. The van der Waals surface area contributed by atoms with Gasteiger partial charge in [0.2, 0.25) is 5.91 Å². The highest BCUT2D eigenvalue weighted by molar-refractivity contribution is 14.0. The molecule has 1 aromatic heterocycles. The van der Waals surface area contributed by atoms with Crippen LogP contribution in [0.5, 0.6) is 0 Å². The molecule has 3 heterocycles. The van der Waals surface area contributed by atoms with Gasteiger partial charge < -0.3 is 24.8 Å². The second-order valence-corrected chi connectivity index (χ2v) is 7.93. The average Bonchev–Trinajstić information content (AvgIpc) is 3.19. The summed E-state index contributed by atoms with van der Waals surface area (Å²) < 4.78 is 18.9. The number of piperidine rings is 1. The number of likely N-dealkylation sites (tertiary alicyclic amines) is 1. The van der Waals surface area contributed by atoms with Crippen molar-refractivity contribution in [3.63, 3.8) is 0 Å². The summed E-state index contributed by atoms with van der Waals surface area (Å²) in [6.45, 7) is 5.05. The second-order valence-electron chi connectivity index (χ2n) is 7.93. The van der Waals surface area contributed by atoms with Crippen molar-refractivity contribution in [2.24, 2.45) is 10.9 Å². The van der Waals surface area contributed by atoms with E-state index in [0.29, 0.717) is 32.8 Å². The highest BCUT2D eigenvalue weighted by Gasteiger charge is 2.30. The summed E-state index contributed by atoms with van der Waals surface area (Å²) in [6, 6.07) is 4.81. The first-order valence-electron chi connectivity index (χ1n) is 10.7. The van der Waals surface area contributed by atoms with E-state index in [1.54, 1.807) is 19.2 Å². The van der Waals surface area contributed by atoms with Gasteiger partial charge in [0, 0.05) is 62.8 Å². The van der Waals surface area contributed by atoms with Crippen LogP contribution in [0.4, 0.5) is 4.39 Å². The predicted octanol–water partition coefficient (Wildman–Crippen LogP) is 2.61. The van der Waals surface area contributed by atoms with Gasteiger partial charge in [0.25, 0.3) is 0 Å². The summed E-state index contributed by atoms with van der Waals surface area (Å²) in [5.74, 6) is 1.01. The number of morpholine rings is 1. The van der Waals surface area contributed by atoms with Gasteiger partial charge in [0.15, 0.2) is 5.96 Å². The molecule has 2 aliphatic heterocycles. The minimum absolute atomic E-state index is 0. The van der Waals surface area contributed by atoms with Gasteiger partial charge in [0.1, 0.15) is 5.82 Å². The van der Waals surface area contributed by atoms with Crippen LogP contribution in [0, 0.1) is 11.7 Å². The second kappa shape index (κ2) is 11.1. The van der Waals surface area contributed by atoms with E-state index in [1.165, 1.54) is 6.07 Å². The van der Waals surface area contributed by atoms with E-state index in [1.807, 2.05) is 11.1 Å². The molecule has 0 radical (unpaired) electrons. The molecule has 9 heteroatoms. The number of fused-ring (bicyclic) bond motifs is 1. The van der Waals surface area contributed by atoms with Crippen LogP contribution >= 0.6 is 24.0 Å². The van der Waals surface area contributed by atoms with Crippen molar-refractivity contribution in [2.45, 2.75) is 19.3 Å². The quantitative estimate of drug-likeness (QED) is 0.354. The third-order valence-electron chi connectivity index (χ3n) is 6.09. The molecular formula is C22H31FIN5O2. The Balaban J connectivity index is 0.00000272. The van der Waals surface area contributed by atoms with Crippen molar-refractivity contribution >= 4 is 46.7 Å². The van der Waals surface area contributed by atoms with E-state index in [-0.39, 0.29) is 41.6 Å². The summed E-state index contributed by atoms with van der Waals surface area (Å²) in [5, 5.41) is 4.35. The summed E-state index contributed by atoms with van der Waals surface area (Å²) in [7, 11) is 1.79. The monoisotopic (exact) mass is 543 g/mol. The SMILES string of the molecule is CN=C(NCCc1c[nH]c2ccc(F)cc12)N1CCC(C(=O)N2CCOCC2)CC1.I. The summed E-state index contributed by atoms with van der Waals surface area (Å²) in [5.41, 5.74) is 2.03. The highest BCUT2D eigenvalue weighted by Crippen LogP contribution is 2.21. The number of guanidine groups is 1. The number of aliphatic imine (C=N–C) groups is 1. The van der Waals surface area contributed by atoms with Crippen molar-refractivity contribution in [1.82, 2.24) is 20.1 Å². The Morgan fingerprint density at radius 1 is 1.23 bits per heavy atom. The van der Waals surface area contributed by atoms with E-state index < -0.39 is 0 Å². The van der Waals surface area contributed by atoms with Gasteiger partial charge in [0.05, 0.1) is 13.2 Å². The number of nitrogens with one attached hydrogen (secondary N) is 2. The molecule has 2 saturated heterocycles. The van der Waals surface area contributed by atoms with Gasteiger partial charge >= 0.3 is 0 Å². The third kappa shape index (κ3) is 5.68. The number of carbonyl (C=O) groups is 1. The Bertz CT molecular complexity index is 904. The van der Waals surface area contributed by atoms with E-state index in [4.69, 9.17) is 4.74 Å². The fraction of sp³-hybridized carbons (Fsp3) is 0.545. The molecule has 7 nitrogen and oxygen atoms in total. The number of ether oxygens (including phenoxy) is 1. The average molecular weight is 543 g/mol. The lowest BCUT2D eigenvalue weighted by molar-refractivity contribution is -0.140. The molecule has 0 aliphatic carbocycles. The van der Waals surface area contributed by atoms with Crippen LogP contribution in [0.1, 0.15) is 18.4 Å². The minimum Gasteiger partial charge on any atom is -0.378 e. The predicted molar refractivity (Wildman–Crippen MR) is 130 cm³/mol. The van der Waals surface area contributed by atoms with Crippen molar-refractivity contribution < 1.29 is 13.9 Å². The van der Waals surface area contributed by atoms with E-state index in [9.17, 15) is 9.18 Å². The largest absolute Gasteiger partial charge is 0.378 e. The molecular weight excluding hydrogens is 512 g/mol. The Hall–Kier alpha value is -1.88. The van der Waals surface area contributed by atoms with Crippen LogP contribution in [0.3, 0.4) is 0 Å². The van der Waals surface area contributed by atoms with Crippen molar-refractivity contribution in [2.75, 3.05) is 53.0 Å². The number of halogens is 2. The van der Waals surface area contributed by atoms with Crippen molar-refractivity contribution in [1.29, 1.82) is 0 Å². The number of rotatable bonds is 4. The van der Waals surface area contributed by atoms with Crippen LogP contribution < -0.4 is 5.32 Å². The van der Waals surface area contributed by atoms with Gasteiger partial charge in [-0.05, 0) is 43.0 Å². The molecule has 0 bridgehead atoms. The normalized spacial score (nSPS) is 18.2. The number of hydrogen-bond acceptors (Lipinski definition) is 3. The Labute approximate surface area is 199 Å². The number of amides is 1. The first-order chi connectivity index (χ1) is 14.7. The topological polar surface area (TPSA) is 73.0 Å². The molecule has 2 aromatic rings. The van der Waals surface area contributed by atoms with Crippen LogP contribution in [0.25, 0.3) is 10.9 Å². The highest BCUT2D eigenvalue weighted by atomic mass is 127. The number of aromatic amines is 1. The summed E-state index contributed by atoms with van der Waals surface area (Å²) >= 11 is 0. The lowest BCUT2D eigenvalue weighted by Crippen LogP contribution is -2.50. The van der Waals surface area contributed by atoms with Gasteiger partial charge in [-0.3, -0.25) is 9.79 Å². The molecule has 2 aliphatic rings. The summed E-state index contributed by atoms with van der Waals surface area (Å²) in [4.78, 5) is 24.5. The van der Waals surface area contributed by atoms with Gasteiger partial charge in [-0.1, -0.05) is 0 Å². The first-order valence-corrected chi connectivity index (χ1v) is 10.7. The first kappa shape index (κ1) is 23.8. The molecule has 4 rings (SSSR count). The molecule has 0 saturated carbocycles. The number of aromatic nitrogens is 1. The van der Waals surface area contributed by atoms with Crippen molar-refractivity contribution in [3.8, 4) is 0 Å². The van der Waals surface area contributed by atoms with Gasteiger partial charge in [-0.15, -0.1) is 24.0 Å². The maximum absolute atomic E-state index is 13.6. The number of hydrogen-bond donors (Lipinski definition) is 2. The van der Waals surface area contributed by atoms with Crippen LogP contribution in [-0.2, 0) is 16.0 Å². The van der Waals surface area contributed by atoms with Gasteiger partial charge in [-0.2, -0.15) is 0 Å². The van der Waals surface area contributed by atoms with E-state index in [2.05, 4.69) is 20.2 Å². The van der Waals surface area contributed by atoms with Gasteiger partial charge in [-0.25, -0.2) is 4.39 Å². The Kier molecular flexibility index (Phi) is 8.53. The lowest BCUT2D eigenvalue weighted by atomic mass is 9.95. The molecule has 1 amide bonds. The molecule has 0 atom stereocenters. The molecule has 2 fully saturated rings.